The summed E-state index contributed by atoms with van der Waals surface area (Å²) in [5, 5.41) is 8.14. The van der Waals surface area contributed by atoms with Crippen LogP contribution >= 0.6 is 0 Å². The summed E-state index contributed by atoms with van der Waals surface area (Å²) in [6.45, 7) is 7.80. The minimum atomic E-state index is 0.822. The highest BCUT2D eigenvalue weighted by atomic mass is 15.4. The van der Waals surface area contributed by atoms with Crippen LogP contribution in [-0.2, 0) is 13.0 Å². The van der Waals surface area contributed by atoms with E-state index in [1.54, 1.807) is 0 Å². The van der Waals surface area contributed by atoms with Crippen LogP contribution in [0.3, 0.4) is 0 Å². The summed E-state index contributed by atoms with van der Waals surface area (Å²) >= 11 is 0. The molecule has 0 N–H and O–H groups in total. The first-order chi connectivity index (χ1) is 7.74. The summed E-state index contributed by atoms with van der Waals surface area (Å²) in [5.41, 5.74) is 1.30. The summed E-state index contributed by atoms with van der Waals surface area (Å²) in [4.78, 5) is 0. The molecule has 0 aliphatic heterocycles. The molecule has 0 aliphatic carbocycles. The predicted octanol–water partition coefficient (Wildman–Crippen LogP) is 3.45. The molecule has 0 amide bonds. The van der Waals surface area contributed by atoms with Crippen molar-refractivity contribution in [3.05, 3.63) is 11.9 Å². The Morgan fingerprint density at radius 1 is 1.25 bits per heavy atom. The van der Waals surface area contributed by atoms with E-state index in [-0.39, 0.29) is 0 Å². The van der Waals surface area contributed by atoms with Crippen LogP contribution in [0.2, 0.25) is 0 Å². The fraction of sp³-hybridized carbons (Fsp3) is 0.846. The molecule has 0 atom stereocenters. The molecular formula is C13H25N3. The van der Waals surface area contributed by atoms with Gasteiger partial charge in [0.05, 0.1) is 11.9 Å². The standard InChI is InChI=1S/C13H25N3/c1-4-5-10-16-13(11-14-15-16)9-7-6-8-12(2)3/h11-12H,4-10H2,1-3H3. The molecule has 1 rings (SSSR count). The molecule has 16 heavy (non-hydrogen) atoms. The Morgan fingerprint density at radius 3 is 2.75 bits per heavy atom. The molecule has 0 aliphatic rings. The predicted molar refractivity (Wildman–Crippen MR) is 67.3 cm³/mol. The lowest BCUT2D eigenvalue weighted by molar-refractivity contribution is 0.507. The van der Waals surface area contributed by atoms with Crippen molar-refractivity contribution in [1.82, 2.24) is 15.0 Å². The van der Waals surface area contributed by atoms with Gasteiger partial charge in [-0.25, -0.2) is 4.68 Å². The van der Waals surface area contributed by atoms with Gasteiger partial charge in [-0.15, -0.1) is 5.10 Å². The molecule has 0 radical (unpaired) electrons. The average molecular weight is 223 g/mol. The average Bonchev–Trinajstić information content (AvgIpc) is 2.69. The molecule has 1 aromatic rings. The summed E-state index contributed by atoms with van der Waals surface area (Å²) in [6.07, 6.45) is 9.37. The number of aryl methyl sites for hydroxylation is 2. The topological polar surface area (TPSA) is 30.7 Å². The third-order valence-electron chi connectivity index (χ3n) is 2.89. The molecule has 1 heterocycles. The summed E-state index contributed by atoms with van der Waals surface area (Å²) in [5.74, 6) is 0.822. The lowest BCUT2D eigenvalue weighted by Crippen LogP contribution is -2.05. The van der Waals surface area contributed by atoms with E-state index in [2.05, 4.69) is 35.8 Å². The van der Waals surface area contributed by atoms with Crippen molar-refractivity contribution in [2.75, 3.05) is 0 Å². The van der Waals surface area contributed by atoms with E-state index in [9.17, 15) is 0 Å². The first-order valence-electron chi connectivity index (χ1n) is 6.61. The molecule has 0 saturated heterocycles. The van der Waals surface area contributed by atoms with Gasteiger partial charge in [-0.05, 0) is 25.2 Å². The maximum absolute atomic E-state index is 4.13. The van der Waals surface area contributed by atoms with Gasteiger partial charge in [0.15, 0.2) is 0 Å². The number of hydrogen-bond donors (Lipinski definition) is 0. The maximum Gasteiger partial charge on any atom is 0.0725 e. The number of nitrogens with zero attached hydrogens (tertiary/aromatic N) is 3. The quantitative estimate of drug-likeness (QED) is 0.632. The second-order valence-corrected chi connectivity index (χ2v) is 4.94. The third-order valence-corrected chi connectivity index (χ3v) is 2.89. The normalized spacial score (nSPS) is 11.2. The minimum Gasteiger partial charge on any atom is -0.249 e. The zero-order chi connectivity index (χ0) is 11.8. The van der Waals surface area contributed by atoms with Gasteiger partial charge >= 0.3 is 0 Å². The largest absolute Gasteiger partial charge is 0.249 e. The fourth-order valence-electron chi connectivity index (χ4n) is 1.83. The van der Waals surface area contributed by atoms with Crippen molar-refractivity contribution < 1.29 is 0 Å². The van der Waals surface area contributed by atoms with E-state index >= 15 is 0 Å². The number of unbranched alkanes of at least 4 members (excludes halogenated alkanes) is 2. The van der Waals surface area contributed by atoms with E-state index in [4.69, 9.17) is 0 Å². The second kappa shape index (κ2) is 7.42. The molecule has 0 bridgehead atoms. The van der Waals surface area contributed by atoms with Crippen LogP contribution < -0.4 is 0 Å². The Bertz CT molecular complexity index is 278. The second-order valence-electron chi connectivity index (χ2n) is 4.94. The van der Waals surface area contributed by atoms with Crippen LogP contribution in [-0.4, -0.2) is 15.0 Å². The Morgan fingerprint density at radius 2 is 2.06 bits per heavy atom. The van der Waals surface area contributed by atoms with E-state index < -0.39 is 0 Å². The van der Waals surface area contributed by atoms with Crippen molar-refractivity contribution in [3.63, 3.8) is 0 Å². The van der Waals surface area contributed by atoms with Gasteiger partial charge in [0.1, 0.15) is 0 Å². The molecule has 1 aromatic heterocycles. The number of rotatable bonds is 8. The van der Waals surface area contributed by atoms with Crippen molar-refractivity contribution >= 4 is 0 Å². The molecule has 92 valence electrons. The van der Waals surface area contributed by atoms with Crippen LogP contribution in [0.1, 0.15) is 58.6 Å². The molecule has 3 nitrogen and oxygen atoms in total. The third kappa shape index (κ3) is 4.77. The number of hydrogen-bond acceptors (Lipinski definition) is 2. The molecule has 0 aromatic carbocycles. The summed E-state index contributed by atoms with van der Waals surface area (Å²) < 4.78 is 2.07. The number of aromatic nitrogens is 3. The van der Waals surface area contributed by atoms with E-state index in [0.29, 0.717) is 0 Å². The smallest absolute Gasteiger partial charge is 0.0725 e. The van der Waals surface area contributed by atoms with Crippen LogP contribution in [0.25, 0.3) is 0 Å². The Kier molecular flexibility index (Phi) is 6.12. The fourth-order valence-corrected chi connectivity index (χ4v) is 1.83. The van der Waals surface area contributed by atoms with Gasteiger partial charge in [-0.3, -0.25) is 0 Å². The van der Waals surface area contributed by atoms with Gasteiger partial charge in [0.25, 0.3) is 0 Å². The monoisotopic (exact) mass is 223 g/mol. The first kappa shape index (κ1) is 13.2. The Labute approximate surface area is 99.2 Å². The van der Waals surface area contributed by atoms with Crippen LogP contribution in [0, 0.1) is 5.92 Å². The molecular weight excluding hydrogens is 198 g/mol. The van der Waals surface area contributed by atoms with Gasteiger partial charge in [0, 0.05) is 6.54 Å². The van der Waals surface area contributed by atoms with Crippen molar-refractivity contribution in [3.8, 4) is 0 Å². The zero-order valence-corrected chi connectivity index (χ0v) is 10.9. The lowest BCUT2D eigenvalue weighted by Gasteiger charge is -2.06. The summed E-state index contributed by atoms with van der Waals surface area (Å²) in [6, 6.07) is 0. The van der Waals surface area contributed by atoms with E-state index in [0.717, 1.165) is 18.9 Å². The van der Waals surface area contributed by atoms with Gasteiger partial charge in [-0.2, -0.15) is 0 Å². The SMILES string of the molecule is CCCCn1nncc1CCCCC(C)C. The van der Waals surface area contributed by atoms with Crippen LogP contribution in [0.15, 0.2) is 6.20 Å². The van der Waals surface area contributed by atoms with Gasteiger partial charge in [0.2, 0.25) is 0 Å². The summed E-state index contributed by atoms with van der Waals surface area (Å²) in [7, 11) is 0. The zero-order valence-electron chi connectivity index (χ0n) is 10.9. The minimum absolute atomic E-state index is 0.822. The van der Waals surface area contributed by atoms with Crippen molar-refractivity contribution in [2.45, 2.75) is 65.8 Å². The molecule has 0 unspecified atom stereocenters. The van der Waals surface area contributed by atoms with Gasteiger partial charge < -0.3 is 0 Å². The van der Waals surface area contributed by atoms with Crippen molar-refractivity contribution in [2.24, 2.45) is 5.92 Å². The van der Waals surface area contributed by atoms with E-state index in [1.165, 1.54) is 37.8 Å². The lowest BCUT2D eigenvalue weighted by atomic mass is 10.0. The molecule has 0 saturated carbocycles. The van der Waals surface area contributed by atoms with Gasteiger partial charge in [-0.1, -0.05) is 45.2 Å². The molecule has 3 heteroatoms. The highest BCUT2D eigenvalue weighted by Crippen LogP contribution is 2.10. The van der Waals surface area contributed by atoms with Crippen molar-refractivity contribution in [1.29, 1.82) is 0 Å². The van der Waals surface area contributed by atoms with Crippen LogP contribution in [0.4, 0.5) is 0 Å². The highest BCUT2D eigenvalue weighted by Gasteiger charge is 2.03. The molecule has 0 fully saturated rings. The van der Waals surface area contributed by atoms with E-state index in [1.807, 2.05) is 6.20 Å². The first-order valence-corrected chi connectivity index (χ1v) is 6.61. The van der Waals surface area contributed by atoms with Crippen LogP contribution in [0.5, 0.6) is 0 Å². The maximum atomic E-state index is 4.13. The molecule has 0 spiro atoms. The highest BCUT2D eigenvalue weighted by molar-refractivity contribution is 4.93. The Balaban J connectivity index is 2.27. The Hall–Kier alpha value is -0.860.